The summed E-state index contributed by atoms with van der Waals surface area (Å²) in [6, 6.07) is -0.531. The monoisotopic (exact) mass is 443 g/mol. The van der Waals surface area contributed by atoms with Crippen molar-refractivity contribution in [3.05, 3.63) is 25.2 Å². The van der Waals surface area contributed by atoms with Crippen LogP contribution in [0, 0.1) is 0 Å². The van der Waals surface area contributed by atoms with Crippen LogP contribution in [0.4, 0.5) is 21.8 Å². The van der Waals surface area contributed by atoms with Gasteiger partial charge in [-0.25, -0.2) is 9.37 Å². The van der Waals surface area contributed by atoms with E-state index in [0.29, 0.717) is 34.5 Å². The van der Waals surface area contributed by atoms with Gasteiger partial charge in [0.2, 0.25) is 11.9 Å². The minimum atomic E-state index is -1.26. The highest BCUT2D eigenvalue weighted by Gasteiger charge is 2.35. The van der Waals surface area contributed by atoms with Crippen molar-refractivity contribution < 1.29 is 13.9 Å². The van der Waals surface area contributed by atoms with Crippen LogP contribution < -0.4 is 20.3 Å². The number of carbonyl (C=O) groups excluding carboxylic acids is 1. The van der Waals surface area contributed by atoms with Crippen LogP contribution in [0.1, 0.15) is 19.9 Å². The molecular weight excluding hydrogens is 417 g/mol. The molecular formula is C20H26FN9O2. The number of fused-ring (bicyclic) bond motifs is 1. The molecule has 1 aliphatic heterocycles. The average Bonchev–Trinajstić information content (AvgIpc) is 3.46. The number of alkyl halides is 1. The minimum Gasteiger partial charge on any atom is -0.478 e. The summed E-state index contributed by atoms with van der Waals surface area (Å²) in [5.74, 6) is 0.775. The van der Waals surface area contributed by atoms with Crippen LogP contribution in [0.15, 0.2) is 25.2 Å². The summed E-state index contributed by atoms with van der Waals surface area (Å²) in [5.41, 5.74) is 1.77. The van der Waals surface area contributed by atoms with Crippen molar-refractivity contribution in [3.8, 4) is 5.88 Å². The standard InChI is InChI=1S/C20H26FN9O2/c1-6-15(31)23-13-8-29(7-12(13)21)20-25-17(16-18(26-20)28(4)10-22-16)24-14-9-30(11(2)3)27-19(14)32-5/h6,9-13H,1,7-8H2,2-5H3,(H,23,31)(H,24,25,26)/t12-,13-/m1/s1. The van der Waals surface area contributed by atoms with Crippen molar-refractivity contribution in [2.75, 3.05) is 30.4 Å². The van der Waals surface area contributed by atoms with Crippen LogP contribution >= 0.6 is 0 Å². The first kappa shape index (κ1) is 21.5. The van der Waals surface area contributed by atoms with E-state index in [4.69, 9.17) is 4.74 Å². The highest BCUT2D eigenvalue weighted by atomic mass is 19.1. The van der Waals surface area contributed by atoms with Crippen LogP contribution in [0.3, 0.4) is 0 Å². The number of rotatable bonds is 7. The molecule has 3 aromatic rings. The zero-order valence-corrected chi connectivity index (χ0v) is 18.4. The molecule has 0 radical (unpaired) electrons. The van der Waals surface area contributed by atoms with Crippen molar-refractivity contribution in [3.63, 3.8) is 0 Å². The third kappa shape index (κ3) is 3.95. The summed E-state index contributed by atoms with van der Waals surface area (Å²) in [5, 5.41) is 10.3. The summed E-state index contributed by atoms with van der Waals surface area (Å²) in [6.07, 6.45) is 3.33. The predicted octanol–water partition coefficient (Wildman–Crippen LogP) is 1.72. The number of methoxy groups -OCH3 is 1. The molecule has 12 heteroatoms. The third-order valence-electron chi connectivity index (χ3n) is 5.27. The predicted molar refractivity (Wildman–Crippen MR) is 118 cm³/mol. The fourth-order valence-corrected chi connectivity index (χ4v) is 3.53. The number of anilines is 3. The largest absolute Gasteiger partial charge is 0.478 e. The van der Waals surface area contributed by atoms with Crippen LogP contribution in [-0.2, 0) is 11.8 Å². The molecule has 1 aliphatic rings. The number of aromatic nitrogens is 6. The normalized spacial score (nSPS) is 18.4. The molecule has 0 aromatic carbocycles. The number of amides is 1. The zero-order valence-electron chi connectivity index (χ0n) is 18.4. The molecule has 0 saturated carbocycles. The second-order valence-electron chi connectivity index (χ2n) is 7.89. The van der Waals surface area contributed by atoms with Gasteiger partial charge in [-0.05, 0) is 19.9 Å². The number of carbonyl (C=O) groups is 1. The van der Waals surface area contributed by atoms with E-state index < -0.39 is 18.1 Å². The molecule has 2 N–H and O–H groups in total. The summed E-state index contributed by atoms with van der Waals surface area (Å²) in [4.78, 5) is 26.9. The molecule has 3 aromatic heterocycles. The fourth-order valence-electron chi connectivity index (χ4n) is 3.53. The van der Waals surface area contributed by atoms with Gasteiger partial charge in [0.15, 0.2) is 17.0 Å². The Balaban J connectivity index is 1.69. The maximum Gasteiger partial charge on any atom is 0.256 e. The van der Waals surface area contributed by atoms with E-state index in [-0.39, 0.29) is 19.1 Å². The Morgan fingerprint density at radius 3 is 2.84 bits per heavy atom. The Morgan fingerprint density at radius 2 is 2.16 bits per heavy atom. The molecule has 0 aliphatic carbocycles. The summed E-state index contributed by atoms with van der Waals surface area (Å²) >= 11 is 0. The van der Waals surface area contributed by atoms with E-state index in [1.54, 1.807) is 27.6 Å². The highest BCUT2D eigenvalue weighted by molar-refractivity contribution is 5.88. The van der Waals surface area contributed by atoms with Crippen LogP contribution in [0.2, 0.25) is 0 Å². The molecule has 0 unspecified atom stereocenters. The summed E-state index contributed by atoms with van der Waals surface area (Å²) < 4.78 is 23.5. The fraction of sp³-hybridized carbons (Fsp3) is 0.450. The summed E-state index contributed by atoms with van der Waals surface area (Å²) in [6.45, 7) is 7.73. The molecule has 1 fully saturated rings. The smallest absolute Gasteiger partial charge is 0.256 e. The lowest BCUT2D eigenvalue weighted by atomic mass is 10.2. The van der Waals surface area contributed by atoms with Crippen molar-refractivity contribution in [1.29, 1.82) is 0 Å². The third-order valence-corrected chi connectivity index (χ3v) is 5.27. The van der Waals surface area contributed by atoms with Gasteiger partial charge in [0, 0.05) is 19.6 Å². The van der Waals surface area contributed by atoms with E-state index in [1.807, 2.05) is 27.1 Å². The molecule has 1 amide bonds. The molecule has 1 saturated heterocycles. The SMILES string of the molecule is C=CC(=O)N[C@@H]1CN(c2nc(Nc3cn(C(C)C)nc3OC)c3ncn(C)c3n2)C[C@H]1F. The number of aryl methyl sites for hydroxylation is 1. The average molecular weight is 443 g/mol. The van der Waals surface area contributed by atoms with Crippen LogP contribution in [0.25, 0.3) is 11.2 Å². The number of nitrogens with zero attached hydrogens (tertiary/aromatic N) is 7. The first-order chi connectivity index (χ1) is 15.3. The molecule has 11 nitrogen and oxygen atoms in total. The van der Waals surface area contributed by atoms with Gasteiger partial charge in [0.05, 0.1) is 32.2 Å². The first-order valence-corrected chi connectivity index (χ1v) is 10.2. The maximum absolute atomic E-state index is 14.6. The highest BCUT2D eigenvalue weighted by Crippen LogP contribution is 2.31. The quantitative estimate of drug-likeness (QED) is 0.531. The Kier molecular flexibility index (Phi) is 5.68. The Hall–Kier alpha value is -3.70. The second-order valence-corrected chi connectivity index (χ2v) is 7.89. The zero-order chi connectivity index (χ0) is 23.0. The number of hydrogen-bond donors (Lipinski definition) is 2. The molecule has 0 bridgehead atoms. The van der Waals surface area contributed by atoms with Gasteiger partial charge in [-0.15, -0.1) is 5.10 Å². The van der Waals surface area contributed by atoms with Crippen molar-refractivity contribution in [2.24, 2.45) is 7.05 Å². The minimum absolute atomic E-state index is 0.0551. The van der Waals surface area contributed by atoms with E-state index in [9.17, 15) is 9.18 Å². The van der Waals surface area contributed by atoms with E-state index in [0.717, 1.165) is 6.08 Å². The van der Waals surface area contributed by atoms with Gasteiger partial charge < -0.3 is 24.8 Å². The van der Waals surface area contributed by atoms with Crippen molar-refractivity contribution in [2.45, 2.75) is 32.1 Å². The van der Waals surface area contributed by atoms with Gasteiger partial charge in [0.25, 0.3) is 5.88 Å². The lowest BCUT2D eigenvalue weighted by Gasteiger charge is -2.17. The lowest BCUT2D eigenvalue weighted by Crippen LogP contribution is -2.40. The lowest BCUT2D eigenvalue weighted by molar-refractivity contribution is -0.117. The second kappa shape index (κ2) is 8.44. The van der Waals surface area contributed by atoms with Gasteiger partial charge in [0.1, 0.15) is 11.9 Å². The Bertz CT molecular complexity index is 1160. The van der Waals surface area contributed by atoms with Crippen LogP contribution in [-0.4, -0.2) is 67.6 Å². The Labute approximate surface area is 184 Å². The van der Waals surface area contributed by atoms with Crippen molar-refractivity contribution in [1.82, 2.24) is 34.6 Å². The maximum atomic E-state index is 14.6. The number of halogens is 1. The van der Waals surface area contributed by atoms with Gasteiger partial charge in [-0.2, -0.15) is 9.97 Å². The van der Waals surface area contributed by atoms with E-state index in [2.05, 4.69) is 37.3 Å². The van der Waals surface area contributed by atoms with Gasteiger partial charge >= 0.3 is 0 Å². The number of hydrogen-bond acceptors (Lipinski definition) is 8. The van der Waals surface area contributed by atoms with Gasteiger partial charge in [-0.3, -0.25) is 9.48 Å². The molecule has 4 heterocycles. The number of ether oxygens (including phenoxy) is 1. The molecule has 170 valence electrons. The molecule has 32 heavy (non-hydrogen) atoms. The van der Waals surface area contributed by atoms with E-state index in [1.165, 1.54) is 0 Å². The topological polar surface area (TPSA) is 115 Å². The summed E-state index contributed by atoms with van der Waals surface area (Å²) in [7, 11) is 3.37. The molecule has 0 spiro atoms. The number of imidazole rings is 1. The van der Waals surface area contributed by atoms with Crippen LogP contribution in [0.5, 0.6) is 5.88 Å². The number of nitrogens with one attached hydrogen (secondary N) is 2. The van der Waals surface area contributed by atoms with Crippen molar-refractivity contribution >= 4 is 34.5 Å². The van der Waals surface area contributed by atoms with Gasteiger partial charge in [-0.1, -0.05) is 6.58 Å². The first-order valence-electron chi connectivity index (χ1n) is 10.2. The molecule has 2 atom stereocenters. The van der Waals surface area contributed by atoms with E-state index >= 15 is 0 Å². The molecule has 4 rings (SSSR count). The Morgan fingerprint density at radius 1 is 1.38 bits per heavy atom.